The molecule has 7 N–H and O–H groups in total. The summed E-state index contributed by atoms with van der Waals surface area (Å²) in [7, 11) is 0. The number of hydrogen-bond acceptors (Lipinski definition) is 11. The zero-order valence-corrected chi connectivity index (χ0v) is 29.8. The molecule has 1 aliphatic carbocycles. The van der Waals surface area contributed by atoms with E-state index in [1.54, 1.807) is 13.8 Å². The van der Waals surface area contributed by atoms with Crippen LogP contribution < -0.4 is 10.6 Å². The first-order valence-electron chi connectivity index (χ1n) is 18.1. The number of aromatic hydroxyl groups is 1. The highest BCUT2D eigenvalue weighted by Crippen LogP contribution is 2.38. The van der Waals surface area contributed by atoms with Crippen molar-refractivity contribution >= 4 is 23.7 Å². The number of nitrogens with zero attached hydrogens (tertiary/aromatic N) is 2. The molecule has 1 aromatic carbocycles. The molecule has 284 valence electrons. The molecule has 0 aromatic heterocycles. The van der Waals surface area contributed by atoms with E-state index in [4.69, 9.17) is 9.47 Å². The summed E-state index contributed by atoms with van der Waals surface area (Å²) in [5, 5.41) is 59.4. The number of carbonyl (C=O) groups excluding carboxylic acids is 3. The Balaban J connectivity index is 1.29. The number of aliphatic hydroxyl groups excluding tert-OH is 3. The Morgan fingerprint density at radius 3 is 2.39 bits per heavy atom. The summed E-state index contributed by atoms with van der Waals surface area (Å²) in [5.74, 6) is -2.26. The summed E-state index contributed by atoms with van der Waals surface area (Å²) in [4.78, 5) is 55.5. The van der Waals surface area contributed by atoms with Crippen molar-refractivity contribution in [3.8, 4) is 5.75 Å². The predicted octanol–water partition coefficient (Wildman–Crippen LogP) is 0.212. The fourth-order valence-electron chi connectivity index (χ4n) is 8.35. The van der Waals surface area contributed by atoms with Crippen LogP contribution >= 0.6 is 0 Å². The molecule has 3 saturated heterocycles. The van der Waals surface area contributed by atoms with E-state index in [9.17, 15) is 44.7 Å². The highest BCUT2D eigenvalue weighted by Gasteiger charge is 2.55. The van der Waals surface area contributed by atoms with E-state index in [-0.39, 0.29) is 36.1 Å². The summed E-state index contributed by atoms with van der Waals surface area (Å²) in [6.07, 6.45) is -1.31. The molecule has 5 rings (SSSR count). The van der Waals surface area contributed by atoms with Gasteiger partial charge in [0, 0.05) is 64.0 Å². The Bertz CT molecular complexity index is 1430. The molecule has 0 bridgehead atoms. The first kappa shape index (κ1) is 38.9. The number of benzene rings is 1. The molecule has 0 radical (unpaired) electrons. The van der Waals surface area contributed by atoms with E-state index in [0.717, 1.165) is 32.1 Å². The topological polar surface area (TPSA) is 218 Å². The molecule has 3 heterocycles. The molecule has 3 amide bonds. The molecule has 51 heavy (non-hydrogen) atoms. The van der Waals surface area contributed by atoms with Gasteiger partial charge in [-0.1, -0.05) is 19.3 Å². The van der Waals surface area contributed by atoms with Gasteiger partial charge in [0.15, 0.2) is 5.60 Å². The van der Waals surface area contributed by atoms with Gasteiger partial charge in [-0.25, -0.2) is 4.79 Å². The van der Waals surface area contributed by atoms with Crippen molar-refractivity contribution in [2.45, 2.75) is 114 Å². The molecule has 15 heteroatoms. The van der Waals surface area contributed by atoms with Gasteiger partial charge in [0.1, 0.15) is 18.0 Å². The quantitative estimate of drug-likeness (QED) is 0.163. The summed E-state index contributed by atoms with van der Waals surface area (Å²) in [5.41, 5.74) is -1.32. The minimum absolute atomic E-state index is 0.0315. The summed E-state index contributed by atoms with van der Waals surface area (Å²) >= 11 is 0. The van der Waals surface area contributed by atoms with Crippen LogP contribution in [0.15, 0.2) is 12.1 Å². The number of morpholine rings is 1. The van der Waals surface area contributed by atoms with Gasteiger partial charge in [0.2, 0.25) is 11.8 Å². The molecule has 1 saturated carbocycles. The Kier molecular flexibility index (Phi) is 12.3. The highest BCUT2D eigenvalue weighted by molar-refractivity contribution is 5.95. The van der Waals surface area contributed by atoms with Crippen LogP contribution in [0.3, 0.4) is 0 Å². The molecule has 0 unspecified atom stereocenters. The van der Waals surface area contributed by atoms with E-state index >= 15 is 0 Å². The van der Waals surface area contributed by atoms with Gasteiger partial charge >= 0.3 is 5.97 Å². The minimum Gasteiger partial charge on any atom is -0.507 e. The van der Waals surface area contributed by atoms with Crippen LogP contribution in [0.1, 0.15) is 79.8 Å². The number of carbonyl (C=O) groups is 4. The molecule has 7 atom stereocenters. The molecule has 1 spiro atoms. The number of ether oxygens (including phenoxy) is 2. The van der Waals surface area contributed by atoms with Crippen molar-refractivity contribution in [2.75, 3.05) is 45.9 Å². The number of carboxylic acid groups (broad SMARTS) is 1. The normalized spacial score (nSPS) is 30.2. The van der Waals surface area contributed by atoms with E-state index < -0.39 is 72.3 Å². The zero-order valence-electron chi connectivity index (χ0n) is 29.8. The van der Waals surface area contributed by atoms with Crippen molar-refractivity contribution in [3.05, 3.63) is 28.8 Å². The lowest BCUT2D eigenvalue weighted by atomic mass is 9.81. The highest BCUT2D eigenvalue weighted by atomic mass is 16.6. The maximum absolute atomic E-state index is 13.4. The number of carboxylic acids is 1. The van der Waals surface area contributed by atoms with Crippen LogP contribution in [0.4, 0.5) is 0 Å². The fraction of sp³-hybridized carbons (Fsp3) is 0.722. The molecular weight excluding hydrogens is 664 g/mol. The van der Waals surface area contributed by atoms with E-state index in [1.165, 1.54) is 19.1 Å². The second kappa shape index (κ2) is 16.1. The van der Waals surface area contributed by atoms with Gasteiger partial charge in [0.25, 0.3) is 5.91 Å². The smallest absolute Gasteiger partial charge is 0.336 e. The monoisotopic (exact) mass is 718 g/mol. The van der Waals surface area contributed by atoms with Gasteiger partial charge in [-0.15, -0.1) is 0 Å². The van der Waals surface area contributed by atoms with Crippen molar-refractivity contribution in [1.82, 2.24) is 20.4 Å². The largest absolute Gasteiger partial charge is 0.507 e. The number of hydrogen-bond donors (Lipinski definition) is 7. The number of nitrogens with one attached hydrogen (secondary N) is 2. The van der Waals surface area contributed by atoms with Crippen LogP contribution in [-0.4, -0.2) is 147 Å². The molecular formula is C36H54N4O11. The molecule has 1 aromatic rings. The van der Waals surface area contributed by atoms with Crippen molar-refractivity contribution in [1.29, 1.82) is 0 Å². The van der Waals surface area contributed by atoms with Crippen LogP contribution in [0, 0.1) is 19.8 Å². The Labute approximate surface area is 298 Å². The van der Waals surface area contributed by atoms with Crippen molar-refractivity contribution in [2.24, 2.45) is 5.92 Å². The minimum atomic E-state index is -2.00. The first-order chi connectivity index (χ1) is 24.2. The lowest BCUT2D eigenvalue weighted by Crippen LogP contribution is -2.68. The zero-order chi connectivity index (χ0) is 37.1. The van der Waals surface area contributed by atoms with Crippen LogP contribution in [0.2, 0.25) is 0 Å². The molecule has 4 fully saturated rings. The van der Waals surface area contributed by atoms with Gasteiger partial charge in [0.05, 0.1) is 37.0 Å². The number of amides is 3. The summed E-state index contributed by atoms with van der Waals surface area (Å²) < 4.78 is 12.1. The number of aliphatic hydroxyl groups is 3. The van der Waals surface area contributed by atoms with Crippen LogP contribution in [0.5, 0.6) is 5.75 Å². The van der Waals surface area contributed by atoms with Crippen LogP contribution in [-0.2, 0) is 23.9 Å². The van der Waals surface area contributed by atoms with E-state index in [2.05, 4.69) is 15.5 Å². The van der Waals surface area contributed by atoms with E-state index in [1.807, 2.05) is 4.90 Å². The molecule has 4 aliphatic rings. The maximum atomic E-state index is 13.4. The average molecular weight is 719 g/mol. The molecule has 15 nitrogen and oxygen atoms in total. The van der Waals surface area contributed by atoms with Crippen LogP contribution in [0.25, 0.3) is 0 Å². The third kappa shape index (κ3) is 8.50. The lowest BCUT2D eigenvalue weighted by molar-refractivity contribution is -0.231. The summed E-state index contributed by atoms with van der Waals surface area (Å²) in [6, 6.07) is 1.69. The Hall–Kier alpha value is -3.34. The van der Waals surface area contributed by atoms with Crippen molar-refractivity contribution < 1.29 is 54.2 Å². The number of phenols is 1. The standard InChI is InChI=1S/C36H54N4O11/c1-21-15-25(16-22(2)29(21)44)32(46)37-18-27(43)30(45)31-28(38-23(3)41)26(42)17-36(51-31,34(48)49)10-12-40-13-14-50-20-35(40)9-11-39(19-35)33(47)24-7-5-4-6-8-24/h15-16,24,26-28,30-31,42-45H,4-14,17-20H2,1-3H3,(H,37,46)(H,38,41)(H,48,49)/t26-,27+,28+,30+,31+,35-,36+/m0/s1. The Morgan fingerprint density at radius 1 is 1.06 bits per heavy atom. The maximum Gasteiger partial charge on any atom is 0.336 e. The average Bonchev–Trinajstić information content (AvgIpc) is 3.53. The third-order valence-electron chi connectivity index (χ3n) is 11.3. The summed E-state index contributed by atoms with van der Waals surface area (Å²) in [6.45, 7) is 6.62. The number of aliphatic carboxylic acids is 1. The van der Waals surface area contributed by atoms with Gasteiger partial charge in [-0.05, 0) is 56.4 Å². The van der Waals surface area contributed by atoms with Gasteiger partial charge < -0.3 is 50.5 Å². The lowest BCUT2D eigenvalue weighted by Gasteiger charge is -2.49. The van der Waals surface area contributed by atoms with Crippen molar-refractivity contribution in [3.63, 3.8) is 0 Å². The third-order valence-corrected chi connectivity index (χ3v) is 11.3. The van der Waals surface area contributed by atoms with E-state index in [0.29, 0.717) is 50.4 Å². The predicted molar refractivity (Wildman–Crippen MR) is 183 cm³/mol. The van der Waals surface area contributed by atoms with Gasteiger partial charge in [-0.3, -0.25) is 19.3 Å². The Morgan fingerprint density at radius 2 is 1.75 bits per heavy atom. The second-order valence-electron chi connectivity index (χ2n) is 15.0. The number of likely N-dealkylation sites (tertiary alicyclic amines) is 1. The number of aryl methyl sites for hydroxylation is 2. The van der Waals surface area contributed by atoms with Gasteiger partial charge in [-0.2, -0.15) is 0 Å². The fourth-order valence-corrected chi connectivity index (χ4v) is 8.35. The number of rotatable bonds is 11. The number of phenolic OH excluding ortho intramolecular Hbond substituents is 1. The first-order valence-corrected chi connectivity index (χ1v) is 18.1. The SMILES string of the molecule is CC(=O)N[C@H]1[C@H]([C@H](O)[C@H](O)CNC(=O)c2cc(C)c(O)c(C)c2)O[C@@](CCN2CCOC[C@@]23CCN(C(=O)C2CCCCC2)C3)(C(=O)O)C[C@@H]1O. The molecule has 3 aliphatic heterocycles. The second-order valence-corrected chi connectivity index (χ2v) is 15.0.